The van der Waals surface area contributed by atoms with Crippen LogP contribution in [0.3, 0.4) is 0 Å². The molecule has 0 fully saturated rings. The van der Waals surface area contributed by atoms with Crippen LogP contribution in [0.1, 0.15) is 32.6 Å². The Morgan fingerprint density at radius 1 is 1.53 bits per heavy atom. The minimum absolute atomic E-state index is 0.135. The van der Waals surface area contributed by atoms with Crippen LogP contribution in [-0.4, -0.2) is 22.2 Å². The highest BCUT2D eigenvalue weighted by atomic mass is 79.9. The molecule has 0 atom stereocenters. The average Bonchev–Trinajstić information content (AvgIpc) is 2.37. The van der Waals surface area contributed by atoms with Gasteiger partial charge >= 0.3 is 0 Å². The van der Waals surface area contributed by atoms with Crippen molar-refractivity contribution >= 4 is 27.5 Å². The van der Waals surface area contributed by atoms with E-state index < -0.39 is 0 Å². The number of nitrogens with two attached hydrogens (primary N) is 1. The van der Waals surface area contributed by atoms with Gasteiger partial charge in [0.25, 0.3) is 5.56 Å². The summed E-state index contributed by atoms with van der Waals surface area (Å²) in [7, 11) is 0. The molecule has 106 valence electrons. The number of halogens is 1. The number of hydrogen-bond acceptors (Lipinski definition) is 4. The molecule has 1 amide bonds. The zero-order chi connectivity index (χ0) is 14.3. The Bertz CT molecular complexity index is 487. The third-order valence-corrected chi connectivity index (χ3v) is 3.35. The van der Waals surface area contributed by atoms with Crippen LogP contribution < -0.4 is 16.6 Å². The molecule has 1 aromatic rings. The molecule has 1 aromatic heterocycles. The van der Waals surface area contributed by atoms with Gasteiger partial charge in [0.15, 0.2) is 0 Å². The Kier molecular flexibility index (Phi) is 6.55. The summed E-state index contributed by atoms with van der Waals surface area (Å²) in [6, 6.07) is 0. The summed E-state index contributed by atoms with van der Waals surface area (Å²) in [4.78, 5) is 22.5. The van der Waals surface area contributed by atoms with E-state index in [4.69, 9.17) is 5.73 Å². The maximum absolute atomic E-state index is 11.9. The molecule has 7 heteroatoms. The normalized spacial score (nSPS) is 10.4. The van der Waals surface area contributed by atoms with Crippen LogP contribution >= 0.6 is 15.9 Å². The Labute approximate surface area is 120 Å². The third-order valence-electron chi connectivity index (χ3n) is 2.59. The van der Waals surface area contributed by atoms with Gasteiger partial charge in [0.05, 0.1) is 11.9 Å². The highest BCUT2D eigenvalue weighted by molar-refractivity contribution is 9.10. The molecule has 0 saturated heterocycles. The van der Waals surface area contributed by atoms with Gasteiger partial charge in [0.2, 0.25) is 5.91 Å². The first-order valence-electron chi connectivity index (χ1n) is 6.34. The molecule has 0 saturated carbocycles. The standard InChI is InChI=1S/C12H19BrN4O2/c1-2-7-17-12(19)11(13)9(8-16-17)15-6-4-3-5-10(14)18/h8,15H,2-7H2,1H3,(H2,14,18). The van der Waals surface area contributed by atoms with E-state index in [0.29, 0.717) is 29.7 Å². The maximum atomic E-state index is 11.9. The molecule has 1 heterocycles. The number of amides is 1. The number of unbranched alkanes of at least 4 members (excludes halogenated alkanes) is 1. The minimum atomic E-state index is -0.287. The zero-order valence-corrected chi connectivity index (χ0v) is 12.6. The number of nitrogens with zero attached hydrogens (tertiary/aromatic N) is 2. The number of carbonyl (C=O) groups is 1. The fourth-order valence-corrected chi connectivity index (χ4v) is 2.05. The maximum Gasteiger partial charge on any atom is 0.283 e. The topological polar surface area (TPSA) is 90.0 Å². The van der Waals surface area contributed by atoms with E-state index in [9.17, 15) is 9.59 Å². The van der Waals surface area contributed by atoms with Crippen LogP contribution in [0, 0.1) is 0 Å². The number of aromatic nitrogens is 2. The number of carbonyl (C=O) groups excluding carboxylic acids is 1. The SMILES string of the molecule is CCCn1ncc(NCCCCC(N)=O)c(Br)c1=O. The molecule has 0 aliphatic heterocycles. The van der Waals surface area contributed by atoms with Crippen molar-refractivity contribution in [1.82, 2.24) is 9.78 Å². The number of hydrogen-bond donors (Lipinski definition) is 2. The summed E-state index contributed by atoms with van der Waals surface area (Å²) in [5.41, 5.74) is 5.60. The van der Waals surface area contributed by atoms with E-state index in [1.165, 1.54) is 4.68 Å². The highest BCUT2D eigenvalue weighted by Crippen LogP contribution is 2.16. The molecule has 0 aromatic carbocycles. The molecular formula is C12H19BrN4O2. The molecule has 0 unspecified atom stereocenters. The van der Waals surface area contributed by atoms with Crippen molar-refractivity contribution in [2.24, 2.45) is 5.73 Å². The number of nitrogens with one attached hydrogen (secondary N) is 1. The summed E-state index contributed by atoms with van der Waals surface area (Å²) >= 11 is 3.28. The van der Waals surface area contributed by atoms with Gasteiger partial charge in [-0.3, -0.25) is 9.59 Å². The first kappa shape index (κ1) is 15.7. The molecule has 3 N–H and O–H groups in total. The van der Waals surface area contributed by atoms with Crippen molar-refractivity contribution in [3.8, 4) is 0 Å². The number of aryl methyl sites for hydroxylation is 1. The lowest BCUT2D eigenvalue weighted by Gasteiger charge is -2.09. The molecular weight excluding hydrogens is 312 g/mol. The second-order valence-electron chi connectivity index (χ2n) is 4.25. The lowest BCUT2D eigenvalue weighted by atomic mass is 10.2. The minimum Gasteiger partial charge on any atom is -0.383 e. The fourth-order valence-electron chi connectivity index (χ4n) is 1.61. The second kappa shape index (κ2) is 7.93. The summed E-state index contributed by atoms with van der Waals surface area (Å²) < 4.78 is 1.92. The Balaban J connectivity index is 2.53. The van der Waals surface area contributed by atoms with Crippen LogP contribution in [0.4, 0.5) is 5.69 Å². The summed E-state index contributed by atoms with van der Waals surface area (Å²) in [5, 5.41) is 7.22. The number of rotatable bonds is 8. The van der Waals surface area contributed by atoms with Crippen LogP contribution in [0.15, 0.2) is 15.5 Å². The van der Waals surface area contributed by atoms with Gasteiger partial charge in [-0.15, -0.1) is 0 Å². The van der Waals surface area contributed by atoms with Crippen molar-refractivity contribution in [3.63, 3.8) is 0 Å². The molecule has 0 bridgehead atoms. The lowest BCUT2D eigenvalue weighted by Crippen LogP contribution is -2.24. The molecule has 1 rings (SSSR count). The van der Waals surface area contributed by atoms with Gasteiger partial charge in [0.1, 0.15) is 4.47 Å². The first-order valence-corrected chi connectivity index (χ1v) is 7.13. The van der Waals surface area contributed by atoms with Gasteiger partial charge in [-0.05, 0) is 35.2 Å². The average molecular weight is 331 g/mol. The van der Waals surface area contributed by atoms with Crippen molar-refractivity contribution in [2.45, 2.75) is 39.2 Å². The van der Waals surface area contributed by atoms with Gasteiger partial charge in [-0.2, -0.15) is 5.10 Å². The van der Waals surface area contributed by atoms with E-state index in [1.54, 1.807) is 6.20 Å². The summed E-state index contributed by atoms with van der Waals surface area (Å²) in [5.74, 6) is -0.287. The van der Waals surface area contributed by atoms with Gasteiger partial charge < -0.3 is 11.1 Å². The predicted octanol–water partition coefficient (Wildman–Crippen LogP) is 1.48. The number of primary amides is 1. The van der Waals surface area contributed by atoms with E-state index in [1.807, 2.05) is 6.92 Å². The molecule has 0 aliphatic carbocycles. The van der Waals surface area contributed by atoms with Crippen molar-refractivity contribution in [3.05, 3.63) is 21.0 Å². The van der Waals surface area contributed by atoms with Crippen molar-refractivity contribution in [2.75, 3.05) is 11.9 Å². The second-order valence-corrected chi connectivity index (χ2v) is 5.04. The Hall–Kier alpha value is -1.37. The summed E-state index contributed by atoms with van der Waals surface area (Å²) in [6.07, 6.45) is 4.43. The van der Waals surface area contributed by atoms with Gasteiger partial charge in [-0.1, -0.05) is 6.92 Å². The molecule has 0 aliphatic rings. The largest absolute Gasteiger partial charge is 0.383 e. The van der Waals surface area contributed by atoms with Crippen LogP contribution in [0.2, 0.25) is 0 Å². The van der Waals surface area contributed by atoms with Crippen molar-refractivity contribution < 1.29 is 4.79 Å². The van der Waals surface area contributed by atoms with Gasteiger partial charge in [0, 0.05) is 19.5 Å². The Morgan fingerprint density at radius 3 is 2.89 bits per heavy atom. The third kappa shape index (κ3) is 5.02. The van der Waals surface area contributed by atoms with Crippen LogP contribution in [0.25, 0.3) is 0 Å². The quantitative estimate of drug-likeness (QED) is 0.706. The number of anilines is 1. The fraction of sp³-hybridized carbons (Fsp3) is 0.583. The van der Waals surface area contributed by atoms with E-state index in [2.05, 4.69) is 26.3 Å². The van der Waals surface area contributed by atoms with E-state index >= 15 is 0 Å². The van der Waals surface area contributed by atoms with E-state index in [0.717, 1.165) is 19.3 Å². The first-order chi connectivity index (χ1) is 9.06. The lowest BCUT2D eigenvalue weighted by molar-refractivity contribution is -0.118. The molecule has 6 nitrogen and oxygen atoms in total. The smallest absolute Gasteiger partial charge is 0.283 e. The van der Waals surface area contributed by atoms with Crippen LogP contribution in [-0.2, 0) is 11.3 Å². The van der Waals surface area contributed by atoms with Crippen LogP contribution in [0.5, 0.6) is 0 Å². The van der Waals surface area contributed by atoms with E-state index in [-0.39, 0.29) is 11.5 Å². The predicted molar refractivity (Wildman–Crippen MR) is 78.0 cm³/mol. The van der Waals surface area contributed by atoms with Crippen molar-refractivity contribution in [1.29, 1.82) is 0 Å². The molecule has 0 radical (unpaired) electrons. The molecule has 19 heavy (non-hydrogen) atoms. The zero-order valence-electron chi connectivity index (χ0n) is 11.0. The summed E-state index contributed by atoms with van der Waals surface area (Å²) in [6.45, 7) is 3.27. The highest BCUT2D eigenvalue weighted by Gasteiger charge is 2.07. The van der Waals surface area contributed by atoms with Gasteiger partial charge in [-0.25, -0.2) is 4.68 Å². The Morgan fingerprint density at radius 2 is 2.26 bits per heavy atom. The molecule has 0 spiro atoms. The monoisotopic (exact) mass is 330 g/mol.